The number of carboxylic acid groups (broad SMARTS) is 3. The number of nitrogens with zero attached hydrogens (tertiary/aromatic N) is 2. The zero-order valence-corrected chi connectivity index (χ0v) is 8.98. The van der Waals surface area contributed by atoms with E-state index in [9.17, 15) is 14.4 Å². The highest BCUT2D eigenvalue weighted by molar-refractivity contribution is 5.88. The highest BCUT2D eigenvalue weighted by Crippen LogP contribution is 2.15. The van der Waals surface area contributed by atoms with Crippen LogP contribution in [0, 0.1) is 0 Å². The van der Waals surface area contributed by atoms with Crippen LogP contribution in [0.25, 0.3) is 0 Å². The second-order valence-electron chi connectivity index (χ2n) is 3.13. The Balaban J connectivity index is 0.000000473. The number of aromatic nitrogens is 3. The fourth-order valence-electron chi connectivity index (χ4n) is 0.881. The third-order valence-electron chi connectivity index (χ3n) is 1.62. The smallest absolute Gasteiger partial charge is 0.336 e. The second-order valence-corrected chi connectivity index (χ2v) is 3.13. The van der Waals surface area contributed by atoms with E-state index >= 15 is 0 Å². The number of aliphatic hydroxyl groups is 1. The molecule has 1 heterocycles. The van der Waals surface area contributed by atoms with Crippen molar-refractivity contribution in [2.75, 3.05) is 0 Å². The van der Waals surface area contributed by atoms with Crippen molar-refractivity contribution in [1.29, 1.82) is 0 Å². The number of nitrogens with one attached hydrogen (secondary N) is 1. The van der Waals surface area contributed by atoms with Crippen LogP contribution in [0.15, 0.2) is 12.4 Å². The lowest BCUT2D eigenvalue weighted by molar-refractivity contribution is -0.170. The minimum atomic E-state index is -2.74. The lowest BCUT2D eigenvalue weighted by atomic mass is 9.96. The summed E-state index contributed by atoms with van der Waals surface area (Å²) < 4.78 is 0. The van der Waals surface area contributed by atoms with E-state index in [0.717, 1.165) is 0 Å². The van der Waals surface area contributed by atoms with Gasteiger partial charge in [-0.3, -0.25) is 9.59 Å². The van der Waals surface area contributed by atoms with Gasteiger partial charge in [0.15, 0.2) is 5.60 Å². The molecule has 0 fully saturated rings. The zero-order chi connectivity index (χ0) is 14.2. The molecule has 0 spiro atoms. The molecule has 1 rings (SSSR count). The van der Waals surface area contributed by atoms with Crippen molar-refractivity contribution in [3.05, 3.63) is 12.4 Å². The number of H-pyrrole nitrogens is 1. The molecular weight excluding hydrogens is 250 g/mol. The van der Waals surface area contributed by atoms with Crippen molar-refractivity contribution < 1.29 is 34.8 Å². The van der Waals surface area contributed by atoms with Gasteiger partial charge in [0.25, 0.3) is 0 Å². The van der Waals surface area contributed by atoms with Gasteiger partial charge in [-0.1, -0.05) is 0 Å². The Hall–Kier alpha value is -2.49. The summed E-state index contributed by atoms with van der Waals surface area (Å²) in [5.74, 6) is -5.02. The molecule has 0 amide bonds. The maximum Gasteiger partial charge on any atom is 0.336 e. The summed E-state index contributed by atoms with van der Waals surface area (Å²) in [4.78, 5) is 30.5. The van der Waals surface area contributed by atoms with Crippen LogP contribution in [0.2, 0.25) is 0 Å². The average molecular weight is 261 g/mol. The van der Waals surface area contributed by atoms with Crippen molar-refractivity contribution >= 4 is 17.9 Å². The van der Waals surface area contributed by atoms with Crippen LogP contribution in [0.1, 0.15) is 12.8 Å². The molecule has 100 valence electrons. The predicted octanol–water partition coefficient (Wildman–Crippen LogP) is -1.44. The molecule has 0 aliphatic carbocycles. The summed E-state index contributed by atoms with van der Waals surface area (Å²) in [6.07, 6.45) is 0.878. The van der Waals surface area contributed by atoms with Gasteiger partial charge in [0.1, 0.15) is 0 Å². The lowest BCUT2D eigenvalue weighted by Gasteiger charge is -2.18. The van der Waals surface area contributed by atoms with E-state index in [0.29, 0.717) is 0 Å². The molecule has 0 aromatic carbocycles. The number of carboxylic acids is 3. The summed E-state index contributed by atoms with van der Waals surface area (Å²) in [5, 5.41) is 43.1. The molecule has 0 radical (unpaired) electrons. The molecule has 1 aromatic rings. The van der Waals surface area contributed by atoms with Gasteiger partial charge in [-0.05, 0) is 0 Å². The first kappa shape index (κ1) is 15.5. The van der Waals surface area contributed by atoms with Crippen LogP contribution in [0.3, 0.4) is 0 Å². The number of rotatable bonds is 5. The molecule has 0 aliphatic heterocycles. The fourth-order valence-corrected chi connectivity index (χ4v) is 0.881. The number of aromatic amines is 1. The average Bonchev–Trinajstić information content (AvgIpc) is 2.71. The normalized spacial score (nSPS) is 10.1. The fraction of sp³-hybridized carbons (Fsp3) is 0.375. The molecule has 0 atom stereocenters. The molecular formula is C8H11N3O7. The van der Waals surface area contributed by atoms with E-state index in [4.69, 9.17) is 20.4 Å². The molecule has 1 aromatic heterocycles. The standard InChI is InChI=1S/C6H8O7.C2H3N3/c7-3(8)1-6(13,5(11)12)2-4(9)10;1-2-4-5-3-1/h13H,1-2H2,(H,7,8)(H,9,10)(H,11,12);1-2H,(H,3,4,5). The van der Waals surface area contributed by atoms with Crippen LogP contribution in [-0.2, 0) is 14.4 Å². The van der Waals surface area contributed by atoms with Crippen molar-refractivity contribution in [2.45, 2.75) is 18.4 Å². The van der Waals surface area contributed by atoms with Gasteiger partial charge in [-0.2, -0.15) is 15.4 Å². The first-order valence-electron chi connectivity index (χ1n) is 4.47. The molecule has 0 aliphatic rings. The molecule has 18 heavy (non-hydrogen) atoms. The molecule has 0 saturated heterocycles. The van der Waals surface area contributed by atoms with E-state index in [1.54, 1.807) is 12.4 Å². The first-order valence-corrected chi connectivity index (χ1v) is 4.47. The second kappa shape index (κ2) is 6.96. The first-order chi connectivity index (χ1) is 8.28. The van der Waals surface area contributed by atoms with Crippen LogP contribution in [0.4, 0.5) is 0 Å². The highest BCUT2D eigenvalue weighted by atomic mass is 16.4. The molecule has 5 N–H and O–H groups in total. The van der Waals surface area contributed by atoms with Gasteiger partial charge in [-0.15, -0.1) is 0 Å². The maximum atomic E-state index is 10.3. The minimum Gasteiger partial charge on any atom is -0.481 e. The molecule has 0 bridgehead atoms. The third-order valence-corrected chi connectivity index (χ3v) is 1.62. The quantitative estimate of drug-likeness (QED) is 0.425. The Kier molecular flexibility index (Phi) is 6.00. The van der Waals surface area contributed by atoms with Gasteiger partial charge in [0, 0.05) is 0 Å². The van der Waals surface area contributed by atoms with E-state index in [1.807, 2.05) is 0 Å². The van der Waals surface area contributed by atoms with Crippen molar-refractivity contribution in [1.82, 2.24) is 15.4 Å². The Morgan fingerprint density at radius 2 is 1.39 bits per heavy atom. The highest BCUT2D eigenvalue weighted by Gasteiger charge is 2.40. The zero-order valence-electron chi connectivity index (χ0n) is 8.98. The maximum absolute atomic E-state index is 10.3. The summed E-state index contributed by atoms with van der Waals surface area (Å²) in [6.45, 7) is 0. The van der Waals surface area contributed by atoms with E-state index in [2.05, 4.69) is 15.4 Å². The SMILES string of the molecule is O=C(O)CC(O)(CC(=O)O)C(=O)O.c1cn[nH]n1. The van der Waals surface area contributed by atoms with Gasteiger partial charge >= 0.3 is 17.9 Å². The Morgan fingerprint density at radius 1 is 1.00 bits per heavy atom. The Morgan fingerprint density at radius 3 is 1.56 bits per heavy atom. The Labute approximate surface area is 99.9 Å². The summed E-state index contributed by atoms with van der Waals surface area (Å²) in [7, 11) is 0. The Bertz CT molecular complexity index is 370. The number of hydrogen-bond donors (Lipinski definition) is 5. The predicted molar refractivity (Wildman–Crippen MR) is 53.5 cm³/mol. The number of hydrogen-bond acceptors (Lipinski definition) is 6. The summed E-state index contributed by atoms with van der Waals surface area (Å²) >= 11 is 0. The lowest BCUT2D eigenvalue weighted by Crippen LogP contribution is -2.42. The number of aliphatic carboxylic acids is 3. The summed E-state index contributed by atoms with van der Waals surface area (Å²) in [5.41, 5.74) is -2.74. The topological polar surface area (TPSA) is 174 Å². The van der Waals surface area contributed by atoms with E-state index in [1.165, 1.54) is 0 Å². The van der Waals surface area contributed by atoms with Crippen molar-refractivity contribution in [3.63, 3.8) is 0 Å². The van der Waals surface area contributed by atoms with Crippen molar-refractivity contribution in [2.24, 2.45) is 0 Å². The van der Waals surface area contributed by atoms with Crippen LogP contribution in [-0.4, -0.2) is 59.3 Å². The molecule has 0 saturated carbocycles. The minimum absolute atomic E-state index is 1.14. The van der Waals surface area contributed by atoms with Gasteiger partial charge in [0.05, 0.1) is 25.2 Å². The van der Waals surface area contributed by atoms with Gasteiger partial charge in [0.2, 0.25) is 0 Å². The van der Waals surface area contributed by atoms with E-state index < -0.39 is 36.4 Å². The third kappa shape index (κ3) is 6.17. The van der Waals surface area contributed by atoms with Crippen LogP contribution < -0.4 is 0 Å². The molecule has 0 unspecified atom stereocenters. The van der Waals surface area contributed by atoms with Gasteiger partial charge < -0.3 is 20.4 Å². The summed E-state index contributed by atoms with van der Waals surface area (Å²) in [6, 6.07) is 0. The van der Waals surface area contributed by atoms with E-state index in [-0.39, 0.29) is 0 Å². The van der Waals surface area contributed by atoms with Crippen LogP contribution >= 0.6 is 0 Å². The monoisotopic (exact) mass is 261 g/mol. The largest absolute Gasteiger partial charge is 0.481 e. The van der Waals surface area contributed by atoms with Crippen molar-refractivity contribution in [3.8, 4) is 0 Å². The van der Waals surface area contributed by atoms with Crippen LogP contribution in [0.5, 0.6) is 0 Å². The number of carbonyl (C=O) groups is 3. The molecule has 10 heteroatoms. The molecule has 10 nitrogen and oxygen atoms in total. The van der Waals surface area contributed by atoms with Gasteiger partial charge in [-0.25, -0.2) is 4.79 Å².